The van der Waals surface area contributed by atoms with Gasteiger partial charge in [0.05, 0.1) is 0 Å². The van der Waals surface area contributed by atoms with Gasteiger partial charge in [0.25, 0.3) is 5.56 Å². The lowest BCUT2D eigenvalue weighted by molar-refractivity contribution is 0.101. The molecule has 0 saturated heterocycles. The van der Waals surface area contributed by atoms with E-state index in [4.69, 9.17) is 0 Å². The summed E-state index contributed by atoms with van der Waals surface area (Å²) in [6.45, 7) is 3.44. The first-order chi connectivity index (χ1) is 17.5. The van der Waals surface area contributed by atoms with E-state index < -0.39 is 0 Å². The molecule has 36 heavy (non-hydrogen) atoms. The molecule has 2 amide bonds. The molecule has 6 nitrogen and oxygen atoms in total. The zero-order chi connectivity index (χ0) is 25.1. The highest BCUT2D eigenvalue weighted by atomic mass is 16.2. The van der Waals surface area contributed by atoms with Gasteiger partial charge in [-0.1, -0.05) is 48.5 Å². The number of fused-ring (bicyclic) bond motifs is 2. The Morgan fingerprint density at radius 2 is 1.64 bits per heavy atom. The Morgan fingerprint density at radius 3 is 2.39 bits per heavy atom. The average molecular weight is 480 g/mol. The monoisotopic (exact) mass is 479 g/mol. The molecular weight excluding hydrogens is 450 g/mol. The number of carbonyl (C=O) groups excluding carboxylic acids is 2. The summed E-state index contributed by atoms with van der Waals surface area (Å²) in [5.74, 6) is 0.0333. The van der Waals surface area contributed by atoms with Crippen LogP contribution in [0.3, 0.4) is 0 Å². The van der Waals surface area contributed by atoms with Crippen LogP contribution in [0.5, 0.6) is 0 Å². The van der Waals surface area contributed by atoms with Crippen LogP contribution in [0.1, 0.15) is 46.8 Å². The summed E-state index contributed by atoms with van der Waals surface area (Å²) in [6.07, 6.45) is 2.23. The summed E-state index contributed by atoms with van der Waals surface area (Å²) in [4.78, 5) is 41.7. The Labute approximate surface area is 210 Å². The molecule has 0 saturated carbocycles. The zero-order valence-corrected chi connectivity index (χ0v) is 20.3. The Balaban J connectivity index is 1.18. The van der Waals surface area contributed by atoms with Crippen LogP contribution in [-0.4, -0.2) is 28.2 Å². The molecule has 2 N–H and O–H groups in total. The van der Waals surface area contributed by atoms with E-state index in [9.17, 15) is 14.4 Å². The highest BCUT2D eigenvalue weighted by molar-refractivity contribution is 5.95. The zero-order valence-electron chi connectivity index (χ0n) is 20.3. The van der Waals surface area contributed by atoms with Gasteiger partial charge in [-0.15, -0.1) is 0 Å². The maximum absolute atomic E-state index is 12.6. The molecular formula is C30H29N3O3. The molecule has 4 aromatic rings. The van der Waals surface area contributed by atoms with Gasteiger partial charge in [-0.2, -0.15) is 0 Å². The van der Waals surface area contributed by atoms with E-state index in [-0.39, 0.29) is 17.4 Å². The molecule has 3 aromatic carbocycles. The van der Waals surface area contributed by atoms with Crippen LogP contribution >= 0.6 is 0 Å². The number of aromatic amines is 1. The van der Waals surface area contributed by atoms with Gasteiger partial charge in [-0.3, -0.25) is 9.59 Å². The number of rotatable bonds is 7. The maximum atomic E-state index is 12.6. The second-order valence-electron chi connectivity index (χ2n) is 9.38. The number of unbranched alkanes of at least 4 members (excludes halogenated alkanes) is 1. The van der Waals surface area contributed by atoms with E-state index >= 15 is 0 Å². The number of hydrogen-bond acceptors (Lipinski definition) is 3. The quantitative estimate of drug-likeness (QED) is 0.273. The Kier molecular flexibility index (Phi) is 6.67. The standard InChI is InChI=1S/C30H29N3O3/c1-20(34)21-10-6-11-22(15-21)23-12-13-28-27(16-23)17-24(29(35)32-28)7-4-5-14-31-30(36)33-18-25-8-2-3-9-26(25)19-33/h2-3,6,8-13,15-17H,4-5,7,14,18-19H2,1H3,(H,31,36)(H,32,35). The van der Waals surface area contributed by atoms with Gasteiger partial charge in [0.1, 0.15) is 0 Å². The number of urea groups is 1. The molecule has 0 aliphatic carbocycles. The van der Waals surface area contributed by atoms with Crippen LogP contribution in [-0.2, 0) is 19.5 Å². The van der Waals surface area contributed by atoms with Gasteiger partial charge in [-0.25, -0.2) is 4.79 Å². The van der Waals surface area contributed by atoms with E-state index in [2.05, 4.69) is 22.4 Å². The van der Waals surface area contributed by atoms with Crippen LogP contribution in [0.2, 0.25) is 0 Å². The predicted molar refractivity (Wildman–Crippen MR) is 142 cm³/mol. The highest BCUT2D eigenvalue weighted by Gasteiger charge is 2.22. The Morgan fingerprint density at radius 1 is 0.889 bits per heavy atom. The molecule has 0 fully saturated rings. The first kappa shape index (κ1) is 23.5. The number of benzene rings is 3. The fraction of sp³-hybridized carbons (Fsp3) is 0.233. The summed E-state index contributed by atoms with van der Waals surface area (Å²) < 4.78 is 0. The van der Waals surface area contributed by atoms with E-state index in [0.29, 0.717) is 31.6 Å². The van der Waals surface area contributed by atoms with Crippen LogP contribution in [0.4, 0.5) is 4.79 Å². The first-order valence-electron chi connectivity index (χ1n) is 12.3. The molecule has 0 radical (unpaired) electrons. The van der Waals surface area contributed by atoms with Crippen molar-refractivity contribution in [2.45, 2.75) is 39.3 Å². The summed E-state index contributed by atoms with van der Waals surface area (Å²) in [5.41, 5.74) is 6.50. The smallest absolute Gasteiger partial charge is 0.318 e. The van der Waals surface area contributed by atoms with Crippen LogP contribution in [0.25, 0.3) is 22.0 Å². The minimum Gasteiger partial charge on any atom is -0.338 e. The molecule has 2 heterocycles. The number of hydrogen-bond donors (Lipinski definition) is 2. The van der Waals surface area contributed by atoms with Crippen molar-refractivity contribution in [3.05, 3.63) is 105 Å². The molecule has 1 aliphatic heterocycles. The number of aromatic nitrogens is 1. The Hall–Kier alpha value is -4.19. The number of ketones is 1. The average Bonchev–Trinajstić information content (AvgIpc) is 3.33. The van der Waals surface area contributed by atoms with Crippen molar-refractivity contribution in [3.63, 3.8) is 0 Å². The lowest BCUT2D eigenvalue weighted by atomic mass is 9.99. The fourth-order valence-electron chi connectivity index (χ4n) is 4.76. The fourth-order valence-corrected chi connectivity index (χ4v) is 4.76. The van der Waals surface area contributed by atoms with Crippen molar-refractivity contribution in [3.8, 4) is 11.1 Å². The van der Waals surface area contributed by atoms with Gasteiger partial charge in [0.15, 0.2) is 5.78 Å². The summed E-state index contributed by atoms with van der Waals surface area (Å²) in [6, 6.07) is 23.5. The number of H-pyrrole nitrogens is 1. The minimum atomic E-state index is -0.0762. The van der Waals surface area contributed by atoms with Gasteiger partial charge in [0, 0.05) is 36.3 Å². The SMILES string of the molecule is CC(=O)c1cccc(-c2ccc3[nH]c(=O)c(CCCCNC(=O)N4Cc5ccccc5C4)cc3c2)c1. The van der Waals surface area contributed by atoms with Crippen LogP contribution in [0.15, 0.2) is 77.6 Å². The van der Waals surface area contributed by atoms with E-state index in [0.717, 1.165) is 40.4 Å². The van der Waals surface area contributed by atoms with Crippen molar-refractivity contribution in [1.29, 1.82) is 0 Å². The third-order valence-electron chi connectivity index (χ3n) is 6.80. The molecule has 0 spiro atoms. The number of nitrogens with one attached hydrogen (secondary N) is 2. The van der Waals surface area contributed by atoms with Crippen LogP contribution < -0.4 is 10.9 Å². The number of amides is 2. The highest BCUT2D eigenvalue weighted by Crippen LogP contribution is 2.25. The maximum Gasteiger partial charge on any atom is 0.318 e. The van der Waals surface area contributed by atoms with Crippen molar-refractivity contribution in [2.24, 2.45) is 0 Å². The van der Waals surface area contributed by atoms with Crippen LogP contribution in [0, 0.1) is 0 Å². The third-order valence-corrected chi connectivity index (χ3v) is 6.80. The van der Waals surface area contributed by atoms with Gasteiger partial charge in [0.2, 0.25) is 0 Å². The second-order valence-corrected chi connectivity index (χ2v) is 9.38. The first-order valence-corrected chi connectivity index (χ1v) is 12.3. The van der Waals surface area contributed by atoms with Gasteiger partial charge in [-0.05, 0) is 78.1 Å². The van der Waals surface area contributed by atoms with E-state index in [1.807, 2.05) is 65.6 Å². The molecule has 0 atom stereocenters. The number of aryl methyl sites for hydroxylation is 1. The Bertz CT molecular complexity index is 1480. The molecule has 1 aliphatic rings. The molecule has 1 aromatic heterocycles. The van der Waals surface area contributed by atoms with Crippen molar-refractivity contribution in [2.75, 3.05) is 6.54 Å². The molecule has 182 valence electrons. The van der Waals surface area contributed by atoms with Crippen molar-refractivity contribution >= 4 is 22.7 Å². The summed E-state index contributed by atoms with van der Waals surface area (Å²) in [5, 5.41) is 3.96. The second kappa shape index (κ2) is 10.2. The van der Waals surface area contributed by atoms with E-state index in [1.54, 1.807) is 6.92 Å². The largest absolute Gasteiger partial charge is 0.338 e. The van der Waals surface area contributed by atoms with Gasteiger partial charge >= 0.3 is 6.03 Å². The lowest BCUT2D eigenvalue weighted by Crippen LogP contribution is -2.36. The number of nitrogens with zero attached hydrogens (tertiary/aromatic N) is 1. The molecule has 6 heteroatoms. The number of Topliss-reactive ketones (excluding diaryl/α,β-unsaturated/α-hetero) is 1. The number of pyridine rings is 1. The lowest BCUT2D eigenvalue weighted by Gasteiger charge is -2.16. The van der Waals surface area contributed by atoms with E-state index in [1.165, 1.54) is 11.1 Å². The normalized spacial score (nSPS) is 12.5. The topological polar surface area (TPSA) is 82.3 Å². The van der Waals surface area contributed by atoms with Crippen molar-refractivity contribution in [1.82, 2.24) is 15.2 Å². The number of carbonyl (C=O) groups is 2. The molecule has 0 unspecified atom stereocenters. The molecule has 5 rings (SSSR count). The third kappa shape index (κ3) is 5.08. The van der Waals surface area contributed by atoms with Gasteiger partial charge < -0.3 is 15.2 Å². The minimum absolute atomic E-state index is 0.0333. The predicted octanol–water partition coefficient (Wildman–Crippen LogP) is 5.45. The van der Waals surface area contributed by atoms with Crippen molar-refractivity contribution < 1.29 is 9.59 Å². The summed E-state index contributed by atoms with van der Waals surface area (Å²) >= 11 is 0. The molecule has 0 bridgehead atoms. The summed E-state index contributed by atoms with van der Waals surface area (Å²) in [7, 11) is 0.